The van der Waals surface area contributed by atoms with E-state index in [0.717, 1.165) is 35.9 Å². The molecule has 0 radical (unpaired) electrons. The third-order valence-electron chi connectivity index (χ3n) is 3.24. The molecule has 2 aromatic heterocycles. The highest BCUT2D eigenvalue weighted by atomic mass is 32.1. The van der Waals surface area contributed by atoms with Gasteiger partial charge in [-0.1, -0.05) is 27.7 Å². The summed E-state index contributed by atoms with van der Waals surface area (Å²) in [6.07, 6.45) is 5.52. The lowest BCUT2D eigenvalue weighted by molar-refractivity contribution is 0.500. The van der Waals surface area contributed by atoms with Crippen LogP contribution in [0.1, 0.15) is 56.7 Å². The Morgan fingerprint density at radius 3 is 2.52 bits per heavy atom. The first-order valence-electron chi connectivity index (χ1n) is 7.46. The largest absolute Gasteiger partial charge is 0.307 e. The molecule has 0 amide bonds. The quantitative estimate of drug-likeness (QED) is 0.887. The van der Waals surface area contributed by atoms with Gasteiger partial charge in [-0.15, -0.1) is 11.3 Å². The molecule has 1 N–H and O–H groups in total. The van der Waals surface area contributed by atoms with Crippen LogP contribution >= 0.6 is 11.3 Å². The maximum Gasteiger partial charge on any atom is 0.145 e. The van der Waals surface area contributed by atoms with Crippen molar-refractivity contribution in [2.45, 2.75) is 52.0 Å². The van der Waals surface area contributed by atoms with Gasteiger partial charge in [-0.25, -0.2) is 15.0 Å². The first-order chi connectivity index (χ1) is 10.0. The maximum absolute atomic E-state index is 4.78. The van der Waals surface area contributed by atoms with Crippen LogP contribution < -0.4 is 5.32 Å². The molecule has 21 heavy (non-hydrogen) atoms. The Kier molecular flexibility index (Phi) is 5.42. The molecule has 114 valence electrons. The minimum absolute atomic E-state index is 0.102. The van der Waals surface area contributed by atoms with E-state index in [0.29, 0.717) is 0 Å². The zero-order valence-electron chi connectivity index (χ0n) is 13.3. The number of hydrogen-bond acceptors (Lipinski definition) is 5. The Labute approximate surface area is 131 Å². The summed E-state index contributed by atoms with van der Waals surface area (Å²) in [5, 5.41) is 6.83. The summed E-state index contributed by atoms with van der Waals surface area (Å²) in [4.78, 5) is 13.6. The van der Waals surface area contributed by atoms with Gasteiger partial charge in [-0.2, -0.15) is 0 Å². The molecular weight excluding hydrogens is 280 g/mol. The highest BCUT2D eigenvalue weighted by Crippen LogP contribution is 2.26. The van der Waals surface area contributed by atoms with Crippen LogP contribution in [0.15, 0.2) is 23.8 Å². The minimum Gasteiger partial charge on any atom is -0.307 e. The molecule has 0 aliphatic rings. The van der Waals surface area contributed by atoms with Gasteiger partial charge in [0, 0.05) is 29.6 Å². The molecular formula is C16H24N4S. The van der Waals surface area contributed by atoms with Crippen molar-refractivity contribution in [3.63, 3.8) is 0 Å². The monoisotopic (exact) mass is 304 g/mol. The van der Waals surface area contributed by atoms with Crippen molar-refractivity contribution in [1.82, 2.24) is 20.3 Å². The van der Waals surface area contributed by atoms with E-state index in [1.54, 1.807) is 23.7 Å². The summed E-state index contributed by atoms with van der Waals surface area (Å²) in [5.74, 6) is 0.846. The van der Waals surface area contributed by atoms with Gasteiger partial charge in [0.05, 0.1) is 16.7 Å². The summed E-state index contributed by atoms with van der Waals surface area (Å²) in [6, 6.07) is 1.98. The Hall–Kier alpha value is -1.33. The van der Waals surface area contributed by atoms with E-state index in [1.807, 2.05) is 6.07 Å². The van der Waals surface area contributed by atoms with Gasteiger partial charge in [-0.3, -0.25) is 0 Å². The van der Waals surface area contributed by atoms with E-state index >= 15 is 0 Å². The van der Waals surface area contributed by atoms with Crippen molar-refractivity contribution < 1.29 is 0 Å². The highest BCUT2D eigenvalue weighted by Gasteiger charge is 2.20. The molecule has 0 saturated carbocycles. The first kappa shape index (κ1) is 16.0. The van der Waals surface area contributed by atoms with Crippen molar-refractivity contribution in [1.29, 1.82) is 0 Å². The fraction of sp³-hybridized carbons (Fsp3) is 0.562. The van der Waals surface area contributed by atoms with Crippen LogP contribution in [0.4, 0.5) is 0 Å². The minimum atomic E-state index is 0.102. The predicted molar refractivity (Wildman–Crippen MR) is 87.6 cm³/mol. The zero-order valence-corrected chi connectivity index (χ0v) is 14.1. The van der Waals surface area contributed by atoms with Crippen molar-refractivity contribution in [3.8, 4) is 0 Å². The molecule has 0 spiro atoms. The van der Waals surface area contributed by atoms with E-state index in [4.69, 9.17) is 4.98 Å². The van der Waals surface area contributed by atoms with Crippen LogP contribution in [-0.2, 0) is 11.8 Å². The summed E-state index contributed by atoms with van der Waals surface area (Å²) < 4.78 is 0. The fourth-order valence-electron chi connectivity index (χ4n) is 1.99. The van der Waals surface area contributed by atoms with Crippen LogP contribution in [0.3, 0.4) is 0 Å². The maximum atomic E-state index is 4.78. The van der Waals surface area contributed by atoms with Crippen LogP contribution in [0.2, 0.25) is 0 Å². The smallest absolute Gasteiger partial charge is 0.145 e. The lowest BCUT2D eigenvalue weighted by Gasteiger charge is -2.16. The molecule has 0 bridgehead atoms. The van der Waals surface area contributed by atoms with E-state index < -0.39 is 0 Å². The Morgan fingerprint density at radius 1 is 1.24 bits per heavy atom. The third-order valence-corrected chi connectivity index (χ3v) is 4.11. The van der Waals surface area contributed by atoms with Crippen LogP contribution in [0, 0.1) is 0 Å². The normalized spacial score (nSPS) is 13.3. The number of hydrogen-bond donors (Lipinski definition) is 1. The Morgan fingerprint density at radius 2 is 1.95 bits per heavy atom. The van der Waals surface area contributed by atoms with Gasteiger partial charge in [0.1, 0.15) is 5.82 Å². The van der Waals surface area contributed by atoms with E-state index in [-0.39, 0.29) is 11.5 Å². The topological polar surface area (TPSA) is 50.7 Å². The average Bonchev–Trinajstić information content (AvgIpc) is 2.93. The number of nitrogens with one attached hydrogen (secondary N) is 1. The van der Waals surface area contributed by atoms with Crippen molar-refractivity contribution in [2.75, 3.05) is 6.54 Å². The number of aromatic nitrogens is 3. The van der Waals surface area contributed by atoms with Crippen molar-refractivity contribution in [2.24, 2.45) is 0 Å². The second kappa shape index (κ2) is 7.09. The molecule has 0 fully saturated rings. The molecule has 2 rings (SSSR count). The summed E-state index contributed by atoms with van der Waals surface area (Å²) in [7, 11) is 0. The molecule has 1 unspecified atom stereocenters. The van der Waals surface area contributed by atoms with E-state index in [9.17, 15) is 0 Å². The van der Waals surface area contributed by atoms with Gasteiger partial charge in [0.25, 0.3) is 0 Å². The van der Waals surface area contributed by atoms with Crippen LogP contribution in [0.25, 0.3) is 0 Å². The van der Waals surface area contributed by atoms with Gasteiger partial charge < -0.3 is 5.32 Å². The van der Waals surface area contributed by atoms with Crippen molar-refractivity contribution in [3.05, 3.63) is 40.4 Å². The molecule has 5 heteroatoms. The molecule has 2 heterocycles. The fourth-order valence-corrected chi connectivity index (χ4v) is 3.06. The highest BCUT2D eigenvalue weighted by molar-refractivity contribution is 7.09. The molecule has 0 aliphatic carbocycles. The Bertz CT molecular complexity index is 545. The van der Waals surface area contributed by atoms with Crippen molar-refractivity contribution >= 4 is 11.3 Å². The van der Waals surface area contributed by atoms with Gasteiger partial charge in [0.2, 0.25) is 0 Å². The number of rotatable bonds is 6. The second-order valence-corrected chi connectivity index (χ2v) is 7.14. The van der Waals surface area contributed by atoms with E-state index in [1.165, 1.54) is 0 Å². The molecule has 0 aromatic carbocycles. The Balaban J connectivity index is 2.13. The lowest BCUT2D eigenvalue weighted by Crippen LogP contribution is -2.26. The summed E-state index contributed by atoms with van der Waals surface area (Å²) >= 11 is 1.73. The molecule has 0 saturated heterocycles. The summed E-state index contributed by atoms with van der Waals surface area (Å²) in [6.45, 7) is 9.70. The van der Waals surface area contributed by atoms with Crippen LogP contribution in [0.5, 0.6) is 0 Å². The standard InChI is InChI=1S/C16H24N4S/c1-5-7-17-12(15-18-8-6-9-19-15)10-14-20-13(11-21-14)16(2,3)4/h6,8-9,11-12,17H,5,7,10H2,1-4H3. The zero-order chi connectivity index (χ0) is 15.3. The van der Waals surface area contributed by atoms with E-state index in [2.05, 4.69) is 48.4 Å². The average molecular weight is 304 g/mol. The van der Waals surface area contributed by atoms with Gasteiger partial charge in [-0.05, 0) is 19.0 Å². The second-order valence-electron chi connectivity index (χ2n) is 6.19. The predicted octanol–water partition coefficient (Wildman–Crippen LogP) is 3.51. The number of thiazole rings is 1. The van der Waals surface area contributed by atoms with Gasteiger partial charge in [0.15, 0.2) is 0 Å². The SMILES string of the molecule is CCCNC(Cc1nc(C(C)(C)C)cs1)c1ncccn1. The molecule has 1 atom stereocenters. The van der Waals surface area contributed by atoms with Crippen LogP contribution in [-0.4, -0.2) is 21.5 Å². The third kappa shape index (κ3) is 4.58. The summed E-state index contributed by atoms with van der Waals surface area (Å²) in [5.41, 5.74) is 1.26. The first-order valence-corrected chi connectivity index (χ1v) is 8.34. The molecule has 4 nitrogen and oxygen atoms in total. The number of nitrogens with zero attached hydrogens (tertiary/aromatic N) is 3. The molecule has 2 aromatic rings. The van der Waals surface area contributed by atoms with Gasteiger partial charge >= 0.3 is 0 Å². The molecule has 0 aliphatic heterocycles. The lowest BCUT2D eigenvalue weighted by atomic mass is 9.93.